The molecule has 78 valence electrons. The summed E-state index contributed by atoms with van der Waals surface area (Å²) in [5, 5.41) is 14.0. The Morgan fingerprint density at radius 1 is 1.36 bits per heavy atom. The van der Waals surface area contributed by atoms with Crippen molar-refractivity contribution in [2.75, 3.05) is 0 Å². The van der Waals surface area contributed by atoms with Crippen LogP contribution in [-0.4, -0.2) is 19.6 Å². The van der Waals surface area contributed by atoms with E-state index >= 15 is 0 Å². The Balaban J connectivity index is 2.90. The summed E-state index contributed by atoms with van der Waals surface area (Å²) >= 11 is 0. The maximum absolute atomic E-state index is 10.9. The SMILES string of the molecule is CC(O)Cc1ccc(S(N)(=O)=O)cc1. The lowest BCUT2D eigenvalue weighted by Gasteiger charge is -2.04. The first-order valence-electron chi connectivity index (χ1n) is 4.19. The lowest BCUT2D eigenvalue weighted by molar-refractivity contribution is 0.195. The fourth-order valence-corrected chi connectivity index (χ4v) is 1.67. The van der Waals surface area contributed by atoms with E-state index < -0.39 is 16.1 Å². The summed E-state index contributed by atoms with van der Waals surface area (Å²) in [5.41, 5.74) is 0.882. The predicted molar refractivity (Wildman–Crippen MR) is 53.2 cm³/mol. The topological polar surface area (TPSA) is 80.4 Å². The Labute approximate surface area is 83.4 Å². The first-order valence-corrected chi connectivity index (χ1v) is 5.74. The van der Waals surface area contributed by atoms with Gasteiger partial charge >= 0.3 is 0 Å². The van der Waals surface area contributed by atoms with Gasteiger partial charge in [0.2, 0.25) is 10.0 Å². The summed E-state index contributed by atoms with van der Waals surface area (Å²) in [5.74, 6) is 0. The lowest BCUT2D eigenvalue weighted by Crippen LogP contribution is -2.12. The van der Waals surface area contributed by atoms with Crippen LogP contribution in [0.15, 0.2) is 29.2 Å². The van der Waals surface area contributed by atoms with Gasteiger partial charge in [-0.2, -0.15) is 0 Å². The average Bonchev–Trinajstić information content (AvgIpc) is 2.02. The Morgan fingerprint density at radius 2 is 1.86 bits per heavy atom. The number of sulfonamides is 1. The lowest BCUT2D eigenvalue weighted by atomic mass is 10.1. The molecule has 0 saturated heterocycles. The molecule has 1 unspecified atom stereocenters. The van der Waals surface area contributed by atoms with Crippen LogP contribution >= 0.6 is 0 Å². The number of benzene rings is 1. The highest BCUT2D eigenvalue weighted by Crippen LogP contribution is 2.10. The van der Waals surface area contributed by atoms with Crippen LogP contribution in [0.4, 0.5) is 0 Å². The standard InChI is InChI=1S/C9H13NO3S/c1-7(11)6-8-2-4-9(5-3-8)14(10,12)13/h2-5,7,11H,6H2,1H3,(H2,10,12,13). The summed E-state index contributed by atoms with van der Waals surface area (Å²) in [6.07, 6.45) is 0.0700. The molecule has 1 aromatic carbocycles. The molecule has 1 rings (SSSR count). The number of aliphatic hydroxyl groups excluding tert-OH is 1. The van der Waals surface area contributed by atoms with Gasteiger partial charge < -0.3 is 5.11 Å². The molecule has 0 amide bonds. The van der Waals surface area contributed by atoms with Gasteiger partial charge in [0.1, 0.15) is 0 Å². The molecule has 4 nitrogen and oxygen atoms in total. The smallest absolute Gasteiger partial charge is 0.238 e. The summed E-state index contributed by atoms with van der Waals surface area (Å²) in [4.78, 5) is 0.0897. The zero-order valence-corrected chi connectivity index (χ0v) is 8.66. The minimum atomic E-state index is -3.61. The number of nitrogens with two attached hydrogens (primary N) is 1. The molecule has 3 N–H and O–H groups in total. The molecule has 0 aliphatic rings. The van der Waals surface area contributed by atoms with Gasteiger partial charge in [-0.25, -0.2) is 13.6 Å². The zero-order valence-electron chi connectivity index (χ0n) is 7.84. The highest BCUT2D eigenvalue weighted by molar-refractivity contribution is 7.89. The number of rotatable bonds is 3. The van der Waals surface area contributed by atoms with Gasteiger partial charge in [0.05, 0.1) is 11.0 Å². The van der Waals surface area contributed by atoms with Crippen molar-refractivity contribution >= 4 is 10.0 Å². The Kier molecular flexibility index (Phi) is 3.25. The largest absolute Gasteiger partial charge is 0.393 e. The number of hydrogen-bond donors (Lipinski definition) is 2. The van der Waals surface area contributed by atoms with Crippen LogP contribution < -0.4 is 5.14 Å². The van der Waals surface area contributed by atoms with Crippen LogP contribution in [0.2, 0.25) is 0 Å². The molecule has 0 spiro atoms. The molecule has 5 heteroatoms. The molecule has 0 heterocycles. The van der Waals surface area contributed by atoms with Gasteiger partial charge in [0.15, 0.2) is 0 Å². The highest BCUT2D eigenvalue weighted by Gasteiger charge is 2.07. The molecule has 0 fully saturated rings. The van der Waals surface area contributed by atoms with Crippen LogP contribution in [0.5, 0.6) is 0 Å². The predicted octanol–water partition coefficient (Wildman–Crippen LogP) is 0.257. The molecular weight excluding hydrogens is 202 g/mol. The van der Waals surface area contributed by atoms with Crippen molar-refractivity contribution in [2.45, 2.75) is 24.3 Å². The van der Waals surface area contributed by atoms with Crippen LogP contribution in [0, 0.1) is 0 Å². The van der Waals surface area contributed by atoms with E-state index in [0.717, 1.165) is 5.56 Å². The summed E-state index contributed by atoms with van der Waals surface area (Å²) in [6.45, 7) is 1.67. The van der Waals surface area contributed by atoms with E-state index in [-0.39, 0.29) is 4.90 Å². The van der Waals surface area contributed by atoms with E-state index in [2.05, 4.69) is 0 Å². The maximum atomic E-state index is 10.9. The minimum absolute atomic E-state index is 0.0897. The molecule has 0 saturated carbocycles. The van der Waals surface area contributed by atoms with Gasteiger partial charge in [-0.05, 0) is 31.0 Å². The zero-order chi connectivity index (χ0) is 10.8. The van der Waals surface area contributed by atoms with Gasteiger partial charge in [0, 0.05) is 0 Å². The Morgan fingerprint density at radius 3 is 2.21 bits per heavy atom. The second-order valence-corrected chi connectivity index (χ2v) is 4.80. The van der Waals surface area contributed by atoms with E-state index in [9.17, 15) is 8.42 Å². The van der Waals surface area contributed by atoms with Crippen molar-refractivity contribution in [1.29, 1.82) is 0 Å². The number of primary sulfonamides is 1. The average molecular weight is 215 g/mol. The van der Waals surface area contributed by atoms with Gasteiger partial charge in [-0.3, -0.25) is 0 Å². The van der Waals surface area contributed by atoms with Gasteiger partial charge in [0.25, 0.3) is 0 Å². The van der Waals surface area contributed by atoms with Crippen LogP contribution in [0.1, 0.15) is 12.5 Å². The monoisotopic (exact) mass is 215 g/mol. The Hall–Kier alpha value is -0.910. The third-order valence-electron chi connectivity index (χ3n) is 1.78. The van der Waals surface area contributed by atoms with Crippen LogP contribution in [0.3, 0.4) is 0 Å². The molecule has 0 aliphatic heterocycles. The molecular formula is C9H13NO3S. The third kappa shape index (κ3) is 3.10. The summed E-state index contributed by atoms with van der Waals surface area (Å²) < 4.78 is 21.8. The van der Waals surface area contributed by atoms with Crippen molar-refractivity contribution in [3.8, 4) is 0 Å². The van der Waals surface area contributed by atoms with Crippen molar-refractivity contribution < 1.29 is 13.5 Å². The highest BCUT2D eigenvalue weighted by atomic mass is 32.2. The van der Waals surface area contributed by atoms with E-state index in [1.807, 2.05) is 0 Å². The van der Waals surface area contributed by atoms with E-state index in [0.29, 0.717) is 6.42 Å². The number of aliphatic hydroxyl groups is 1. The number of hydrogen-bond acceptors (Lipinski definition) is 3. The fourth-order valence-electron chi connectivity index (χ4n) is 1.16. The quantitative estimate of drug-likeness (QED) is 0.758. The molecule has 14 heavy (non-hydrogen) atoms. The maximum Gasteiger partial charge on any atom is 0.238 e. The summed E-state index contributed by atoms with van der Waals surface area (Å²) in [6, 6.07) is 6.17. The van der Waals surface area contributed by atoms with Crippen molar-refractivity contribution in [2.24, 2.45) is 5.14 Å². The first kappa shape index (κ1) is 11.2. The molecule has 0 bridgehead atoms. The van der Waals surface area contributed by atoms with E-state index in [1.54, 1.807) is 19.1 Å². The van der Waals surface area contributed by atoms with Crippen LogP contribution in [-0.2, 0) is 16.4 Å². The van der Waals surface area contributed by atoms with Crippen molar-refractivity contribution in [3.63, 3.8) is 0 Å². The summed E-state index contributed by atoms with van der Waals surface area (Å²) in [7, 11) is -3.61. The minimum Gasteiger partial charge on any atom is -0.393 e. The molecule has 0 aliphatic carbocycles. The van der Waals surface area contributed by atoms with Crippen molar-refractivity contribution in [3.05, 3.63) is 29.8 Å². The molecule has 0 aromatic heterocycles. The van der Waals surface area contributed by atoms with Crippen LogP contribution in [0.25, 0.3) is 0 Å². The normalized spacial score (nSPS) is 13.9. The fraction of sp³-hybridized carbons (Fsp3) is 0.333. The molecule has 1 atom stereocenters. The Bertz CT molecular complexity index is 395. The van der Waals surface area contributed by atoms with E-state index in [1.165, 1.54) is 12.1 Å². The van der Waals surface area contributed by atoms with Gasteiger partial charge in [-0.1, -0.05) is 12.1 Å². The molecule has 1 aromatic rings. The van der Waals surface area contributed by atoms with Crippen molar-refractivity contribution in [1.82, 2.24) is 0 Å². The second kappa shape index (κ2) is 4.08. The third-order valence-corrected chi connectivity index (χ3v) is 2.71. The second-order valence-electron chi connectivity index (χ2n) is 3.24. The first-order chi connectivity index (χ1) is 6.39. The molecule has 0 radical (unpaired) electrons. The van der Waals surface area contributed by atoms with E-state index in [4.69, 9.17) is 10.2 Å². The van der Waals surface area contributed by atoms with Gasteiger partial charge in [-0.15, -0.1) is 0 Å².